The maximum absolute atomic E-state index is 12.6. The Labute approximate surface area is 207 Å². The highest BCUT2D eigenvalue weighted by atomic mass is 79.9. The van der Waals surface area contributed by atoms with Crippen LogP contribution in [0.1, 0.15) is 45.8 Å². The summed E-state index contributed by atoms with van der Waals surface area (Å²) < 4.78 is 2.31. The summed E-state index contributed by atoms with van der Waals surface area (Å²) in [7, 11) is 0. The fourth-order valence-corrected chi connectivity index (χ4v) is 5.41. The van der Waals surface area contributed by atoms with Gasteiger partial charge in [-0.05, 0) is 76.5 Å². The van der Waals surface area contributed by atoms with Gasteiger partial charge in [-0.25, -0.2) is 4.79 Å². The Hall–Kier alpha value is -1.87. The molecule has 1 fully saturated rings. The molecule has 32 heavy (non-hydrogen) atoms. The maximum atomic E-state index is 12.6. The van der Waals surface area contributed by atoms with E-state index in [2.05, 4.69) is 32.2 Å². The third-order valence-corrected chi connectivity index (χ3v) is 7.33. The summed E-state index contributed by atoms with van der Waals surface area (Å²) in [6, 6.07) is 8.50. The minimum atomic E-state index is -1.07. The maximum Gasteiger partial charge on any atom is 0.335 e. The average Bonchev–Trinajstić information content (AvgIpc) is 3.52. The summed E-state index contributed by atoms with van der Waals surface area (Å²) >= 11 is 17.5. The Morgan fingerprint density at radius 3 is 2.56 bits per heavy atom. The van der Waals surface area contributed by atoms with Gasteiger partial charge in [0.2, 0.25) is 4.73 Å². The number of hydrogen-bond acceptors (Lipinski definition) is 5. The molecule has 0 aliphatic heterocycles. The van der Waals surface area contributed by atoms with Gasteiger partial charge in [0.15, 0.2) is 5.16 Å². The number of carbonyl (C=O) groups is 2. The van der Waals surface area contributed by atoms with Crippen LogP contribution in [-0.4, -0.2) is 37.4 Å². The van der Waals surface area contributed by atoms with Gasteiger partial charge in [0.05, 0.1) is 22.0 Å². The van der Waals surface area contributed by atoms with Gasteiger partial charge >= 0.3 is 5.97 Å². The van der Waals surface area contributed by atoms with E-state index in [9.17, 15) is 9.59 Å². The Balaban J connectivity index is 1.50. The van der Waals surface area contributed by atoms with Gasteiger partial charge in [-0.15, -0.1) is 10.2 Å². The standard InChI is InChI=1S/C22H18BrCl2N3O3S/c1-11-6-15(12-2-3-12)9-18(25)19(11)28-21(23)26-27-22(28)32-10-16(29)7-13-4-5-14(20(30)31)8-17(13)24/h4-6,8-9,12H,2-3,7,10H2,1H3,(H,30,31). The minimum absolute atomic E-state index is 0.0717. The predicted molar refractivity (Wildman–Crippen MR) is 129 cm³/mol. The average molecular weight is 555 g/mol. The lowest BCUT2D eigenvalue weighted by Gasteiger charge is -2.14. The lowest BCUT2D eigenvalue weighted by Crippen LogP contribution is -2.09. The molecule has 0 unspecified atom stereocenters. The van der Waals surface area contributed by atoms with Crippen molar-refractivity contribution >= 4 is 62.6 Å². The van der Waals surface area contributed by atoms with Crippen molar-refractivity contribution in [1.82, 2.24) is 14.8 Å². The van der Waals surface area contributed by atoms with Crippen LogP contribution in [0.4, 0.5) is 0 Å². The summed E-state index contributed by atoms with van der Waals surface area (Å²) in [5.41, 5.74) is 3.71. The summed E-state index contributed by atoms with van der Waals surface area (Å²) in [6.45, 7) is 2.00. The number of aromatic nitrogens is 3. The molecule has 4 rings (SSSR count). The molecule has 0 saturated heterocycles. The van der Waals surface area contributed by atoms with Crippen molar-refractivity contribution in [2.45, 2.75) is 37.3 Å². The molecule has 1 aliphatic carbocycles. The van der Waals surface area contributed by atoms with E-state index in [1.54, 1.807) is 10.6 Å². The molecule has 2 aromatic carbocycles. The second-order valence-electron chi connectivity index (χ2n) is 7.64. The van der Waals surface area contributed by atoms with Crippen molar-refractivity contribution < 1.29 is 14.7 Å². The van der Waals surface area contributed by atoms with Gasteiger partial charge < -0.3 is 5.11 Å². The minimum Gasteiger partial charge on any atom is -0.478 e. The molecule has 3 aromatic rings. The lowest BCUT2D eigenvalue weighted by atomic mass is 10.1. The van der Waals surface area contributed by atoms with Crippen molar-refractivity contribution in [1.29, 1.82) is 0 Å². The summed E-state index contributed by atoms with van der Waals surface area (Å²) in [4.78, 5) is 23.6. The van der Waals surface area contributed by atoms with Gasteiger partial charge in [0.1, 0.15) is 5.78 Å². The number of benzene rings is 2. The van der Waals surface area contributed by atoms with Crippen LogP contribution in [0.5, 0.6) is 0 Å². The molecule has 0 radical (unpaired) electrons. The molecular formula is C22H18BrCl2N3O3S. The number of thioether (sulfide) groups is 1. The Morgan fingerprint density at radius 1 is 1.19 bits per heavy atom. The normalized spacial score (nSPS) is 13.4. The zero-order valence-electron chi connectivity index (χ0n) is 16.9. The first-order valence-electron chi connectivity index (χ1n) is 9.82. The van der Waals surface area contributed by atoms with E-state index >= 15 is 0 Å². The van der Waals surface area contributed by atoms with E-state index < -0.39 is 5.97 Å². The van der Waals surface area contributed by atoms with Crippen molar-refractivity contribution in [3.63, 3.8) is 0 Å². The van der Waals surface area contributed by atoms with Crippen molar-refractivity contribution in [3.05, 3.63) is 67.4 Å². The molecule has 1 aliphatic rings. The molecule has 0 spiro atoms. The van der Waals surface area contributed by atoms with E-state index in [1.165, 1.54) is 42.3 Å². The van der Waals surface area contributed by atoms with Gasteiger partial charge in [0, 0.05) is 11.4 Å². The number of hydrogen-bond donors (Lipinski definition) is 1. The topological polar surface area (TPSA) is 85.1 Å². The molecule has 0 amide bonds. The number of aromatic carboxylic acids is 1. The highest BCUT2D eigenvalue weighted by molar-refractivity contribution is 9.10. The van der Waals surface area contributed by atoms with E-state index in [1.807, 2.05) is 13.0 Å². The number of carboxylic acid groups (broad SMARTS) is 1. The number of aryl methyl sites for hydroxylation is 1. The summed E-state index contributed by atoms with van der Waals surface area (Å²) in [5, 5.41) is 18.8. The van der Waals surface area contributed by atoms with Crippen LogP contribution in [0.3, 0.4) is 0 Å². The predicted octanol–water partition coefficient (Wildman–Crippen LogP) is 6.12. The zero-order valence-corrected chi connectivity index (χ0v) is 20.9. The molecule has 6 nitrogen and oxygen atoms in total. The van der Waals surface area contributed by atoms with Crippen LogP contribution in [-0.2, 0) is 11.2 Å². The Kier molecular flexibility index (Phi) is 6.95. The molecular weight excluding hydrogens is 537 g/mol. The number of carboxylic acids is 1. The molecule has 166 valence electrons. The molecule has 1 aromatic heterocycles. The fourth-order valence-electron chi connectivity index (χ4n) is 3.46. The highest BCUT2D eigenvalue weighted by Crippen LogP contribution is 2.43. The number of nitrogens with zero attached hydrogens (tertiary/aromatic N) is 3. The highest BCUT2D eigenvalue weighted by Gasteiger charge is 2.26. The van der Waals surface area contributed by atoms with Crippen LogP contribution < -0.4 is 0 Å². The van der Waals surface area contributed by atoms with Crippen LogP contribution in [0.2, 0.25) is 10.0 Å². The SMILES string of the molecule is Cc1cc(C2CC2)cc(Cl)c1-n1c(Br)nnc1SCC(=O)Cc1ccc(C(=O)O)cc1Cl. The van der Waals surface area contributed by atoms with E-state index in [-0.39, 0.29) is 28.5 Å². The third-order valence-electron chi connectivity index (χ3n) is 5.19. The number of Topliss-reactive ketones (excluding diaryl/α,β-unsaturated/α-hetero) is 1. The number of halogens is 3. The second-order valence-corrected chi connectivity index (χ2v) is 10.1. The number of rotatable bonds is 8. The first-order valence-corrected chi connectivity index (χ1v) is 12.4. The lowest BCUT2D eigenvalue weighted by molar-refractivity contribution is -0.116. The van der Waals surface area contributed by atoms with Gasteiger partial charge in [-0.3, -0.25) is 9.36 Å². The third kappa shape index (κ3) is 5.03. The molecule has 1 saturated carbocycles. The molecule has 1 N–H and O–H groups in total. The Morgan fingerprint density at radius 2 is 1.94 bits per heavy atom. The second kappa shape index (κ2) is 9.55. The first kappa shape index (κ1) is 23.3. The smallest absolute Gasteiger partial charge is 0.335 e. The van der Waals surface area contributed by atoms with Gasteiger partial charge in [0.25, 0.3) is 0 Å². The monoisotopic (exact) mass is 553 g/mol. The van der Waals surface area contributed by atoms with E-state index in [0.717, 1.165) is 11.3 Å². The van der Waals surface area contributed by atoms with Gasteiger partial charge in [-0.1, -0.05) is 47.1 Å². The molecule has 0 bridgehead atoms. The Bertz CT molecular complexity index is 1200. The van der Waals surface area contributed by atoms with Crippen molar-refractivity contribution in [2.24, 2.45) is 0 Å². The van der Waals surface area contributed by atoms with E-state index in [4.69, 9.17) is 28.3 Å². The molecule has 1 heterocycles. The zero-order chi connectivity index (χ0) is 23.0. The quantitative estimate of drug-likeness (QED) is 0.337. The first-order chi connectivity index (χ1) is 15.2. The molecule has 0 atom stereocenters. The van der Waals surface area contributed by atoms with Crippen molar-refractivity contribution in [3.8, 4) is 5.69 Å². The number of ketones is 1. The van der Waals surface area contributed by atoms with Crippen LogP contribution >= 0.6 is 50.9 Å². The number of carbonyl (C=O) groups excluding carboxylic acids is 1. The molecule has 10 heteroatoms. The largest absolute Gasteiger partial charge is 0.478 e. The van der Waals surface area contributed by atoms with Crippen LogP contribution in [0, 0.1) is 6.92 Å². The fraction of sp³-hybridized carbons (Fsp3) is 0.273. The van der Waals surface area contributed by atoms with Crippen LogP contribution in [0.25, 0.3) is 5.69 Å². The summed E-state index contributed by atoms with van der Waals surface area (Å²) in [6.07, 6.45) is 2.48. The summed E-state index contributed by atoms with van der Waals surface area (Å²) in [5.74, 6) is -0.395. The van der Waals surface area contributed by atoms with E-state index in [0.29, 0.717) is 26.4 Å². The van der Waals surface area contributed by atoms with Crippen LogP contribution in [0.15, 0.2) is 40.2 Å². The van der Waals surface area contributed by atoms with Gasteiger partial charge in [-0.2, -0.15) is 0 Å². The van der Waals surface area contributed by atoms with Crippen molar-refractivity contribution in [2.75, 3.05) is 5.75 Å².